The molecule has 6 nitrogen and oxygen atoms in total. The van der Waals surface area contributed by atoms with E-state index in [2.05, 4.69) is 4.98 Å². The summed E-state index contributed by atoms with van der Waals surface area (Å²) in [5.41, 5.74) is -4.49. The third-order valence-corrected chi connectivity index (χ3v) is 2.66. The van der Waals surface area contributed by atoms with E-state index in [0.29, 0.717) is 12.6 Å². The average molecular weight is 292 g/mol. The Morgan fingerprint density at radius 2 is 1.90 bits per heavy atom. The Kier molecular flexibility index (Phi) is 3.92. The summed E-state index contributed by atoms with van der Waals surface area (Å²) in [6.07, 6.45) is -4.29. The molecule has 20 heavy (non-hydrogen) atoms. The molecule has 1 atom stereocenters. The Hall–Kier alpha value is -2.32. The number of aromatic amines is 1. The minimum atomic E-state index is -5.22. The predicted octanol–water partition coefficient (Wildman–Crippen LogP) is 0.819. The van der Waals surface area contributed by atoms with Crippen molar-refractivity contribution in [3.8, 4) is 0 Å². The number of aryl methyl sites for hydroxylation is 1. The fourth-order valence-corrected chi connectivity index (χ4v) is 1.29. The number of carboxylic acids is 1. The van der Waals surface area contributed by atoms with E-state index in [9.17, 15) is 27.6 Å². The van der Waals surface area contributed by atoms with Gasteiger partial charge in [0.25, 0.3) is 5.91 Å². The molecule has 0 bridgehead atoms. The second-order valence-corrected chi connectivity index (χ2v) is 4.28. The van der Waals surface area contributed by atoms with Gasteiger partial charge in [-0.05, 0) is 13.8 Å². The lowest BCUT2D eigenvalue weighted by Gasteiger charge is -2.28. The molecule has 1 amide bonds. The largest absolute Gasteiger partial charge is 0.479 e. The SMILES string of the molecule is Cc1cc(=O)c(C(=O)NC(C)(C(=O)O)C(F)(F)F)c[nH]1. The smallest absolute Gasteiger partial charge is 0.422 e. The fraction of sp³-hybridized carbons (Fsp3) is 0.364. The van der Waals surface area contributed by atoms with Crippen molar-refractivity contribution >= 4 is 11.9 Å². The maximum atomic E-state index is 12.7. The van der Waals surface area contributed by atoms with Gasteiger partial charge >= 0.3 is 12.1 Å². The van der Waals surface area contributed by atoms with Crippen molar-refractivity contribution in [2.24, 2.45) is 0 Å². The van der Waals surface area contributed by atoms with E-state index in [4.69, 9.17) is 5.11 Å². The second kappa shape index (κ2) is 4.99. The van der Waals surface area contributed by atoms with Gasteiger partial charge in [-0.25, -0.2) is 4.79 Å². The first kappa shape index (κ1) is 15.7. The molecule has 0 aliphatic rings. The number of nitrogens with one attached hydrogen (secondary N) is 2. The number of carboxylic acid groups (broad SMARTS) is 1. The molecule has 1 heterocycles. The summed E-state index contributed by atoms with van der Waals surface area (Å²) in [7, 11) is 0. The maximum Gasteiger partial charge on any atom is 0.422 e. The number of hydrogen-bond donors (Lipinski definition) is 3. The second-order valence-electron chi connectivity index (χ2n) is 4.28. The Bertz CT molecular complexity index is 608. The summed E-state index contributed by atoms with van der Waals surface area (Å²) in [6.45, 7) is 1.82. The zero-order valence-corrected chi connectivity index (χ0v) is 10.5. The molecule has 1 aromatic heterocycles. The van der Waals surface area contributed by atoms with Gasteiger partial charge in [0.1, 0.15) is 5.56 Å². The quantitative estimate of drug-likeness (QED) is 0.768. The van der Waals surface area contributed by atoms with E-state index in [1.165, 1.54) is 12.2 Å². The summed E-state index contributed by atoms with van der Waals surface area (Å²) in [5, 5.41) is 9.98. The molecule has 0 aliphatic carbocycles. The number of pyridine rings is 1. The Balaban J connectivity index is 3.16. The zero-order chi connectivity index (χ0) is 15.7. The van der Waals surface area contributed by atoms with Crippen LogP contribution in [0.5, 0.6) is 0 Å². The first-order chi connectivity index (χ1) is 8.99. The highest BCUT2D eigenvalue weighted by Crippen LogP contribution is 2.30. The summed E-state index contributed by atoms with van der Waals surface area (Å²) in [6, 6.07) is 1.01. The van der Waals surface area contributed by atoms with Crippen molar-refractivity contribution in [3.63, 3.8) is 0 Å². The molecule has 3 N–H and O–H groups in total. The molecule has 9 heteroatoms. The first-order valence-corrected chi connectivity index (χ1v) is 5.31. The lowest BCUT2D eigenvalue weighted by Crippen LogP contribution is -2.62. The number of amides is 1. The normalized spacial score (nSPS) is 14.4. The summed E-state index contributed by atoms with van der Waals surface area (Å²) < 4.78 is 38.1. The number of hydrogen-bond acceptors (Lipinski definition) is 3. The van der Waals surface area contributed by atoms with Crippen LogP contribution >= 0.6 is 0 Å². The van der Waals surface area contributed by atoms with Crippen molar-refractivity contribution in [2.75, 3.05) is 0 Å². The lowest BCUT2D eigenvalue weighted by atomic mass is 10.0. The third-order valence-electron chi connectivity index (χ3n) is 2.66. The van der Waals surface area contributed by atoms with Gasteiger partial charge in [-0.3, -0.25) is 9.59 Å². The van der Waals surface area contributed by atoms with Gasteiger partial charge in [0.15, 0.2) is 5.43 Å². The number of alkyl halides is 3. The lowest BCUT2D eigenvalue weighted by molar-refractivity contribution is -0.203. The van der Waals surface area contributed by atoms with E-state index in [1.54, 1.807) is 0 Å². The topological polar surface area (TPSA) is 99.3 Å². The standard InChI is InChI=1S/C11H11F3N2O4/c1-5-3-7(17)6(4-15-5)8(18)16-10(2,9(19)20)11(12,13)14/h3-4H,1-2H3,(H,15,17)(H,16,18)(H,19,20). The molecule has 110 valence electrons. The van der Waals surface area contributed by atoms with Crippen molar-refractivity contribution < 1.29 is 27.9 Å². The van der Waals surface area contributed by atoms with Crippen LogP contribution in [0.2, 0.25) is 0 Å². The highest BCUT2D eigenvalue weighted by Gasteiger charge is 2.58. The average Bonchev–Trinajstić information content (AvgIpc) is 2.26. The van der Waals surface area contributed by atoms with E-state index in [1.807, 2.05) is 0 Å². The number of aromatic nitrogens is 1. The van der Waals surface area contributed by atoms with Gasteiger partial charge in [-0.1, -0.05) is 0 Å². The molecule has 0 aliphatic heterocycles. The molecule has 0 saturated heterocycles. The number of carbonyl (C=O) groups excluding carboxylic acids is 1. The third kappa shape index (κ3) is 2.81. The minimum Gasteiger partial charge on any atom is -0.479 e. The van der Waals surface area contributed by atoms with Crippen LogP contribution in [-0.4, -0.2) is 33.7 Å². The number of rotatable bonds is 3. The van der Waals surface area contributed by atoms with Crippen molar-refractivity contribution in [3.05, 3.63) is 33.7 Å². The van der Waals surface area contributed by atoms with Crippen LogP contribution in [-0.2, 0) is 4.79 Å². The van der Waals surface area contributed by atoms with E-state index in [-0.39, 0.29) is 0 Å². The Morgan fingerprint density at radius 1 is 1.35 bits per heavy atom. The molecular formula is C11H11F3N2O4. The summed E-state index contributed by atoms with van der Waals surface area (Å²) in [5.74, 6) is -3.70. The first-order valence-electron chi connectivity index (χ1n) is 5.31. The van der Waals surface area contributed by atoms with Crippen molar-refractivity contribution in [2.45, 2.75) is 25.6 Å². The van der Waals surface area contributed by atoms with Gasteiger partial charge in [0, 0.05) is 18.0 Å². The molecule has 1 unspecified atom stereocenters. The highest BCUT2D eigenvalue weighted by molar-refractivity contribution is 5.97. The Labute approximate surface area is 110 Å². The van der Waals surface area contributed by atoms with Crippen LogP contribution < -0.4 is 10.7 Å². The van der Waals surface area contributed by atoms with Crippen LogP contribution in [0.15, 0.2) is 17.1 Å². The summed E-state index contributed by atoms with van der Waals surface area (Å²) >= 11 is 0. The van der Waals surface area contributed by atoms with Gasteiger partial charge in [0.05, 0.1) is 0 Å². The van der Waals surface area contributed by atoms with E-state index < -0.39 is 34.6 Å². The van der Waals surface area contributed by atoms with Gasteiger partial charge < -0.3 is 15.4 Å². The van der Waals surface area contributed by atoms with E-state index in [0.717, 1.165) is 12.3 Å². The van der Waals surface area contributed by atoms with Crippen LogP contribution in [0.25, 0.3) is 0 Å². The van der Waals surface area contributed by atoms with Crippen LogP contribution in [0.4, 0.5) is 13.2 Å². The molecule has 0 spiro atoms. The van der Waals surface area contributed by atoms with Crippen LogP contribution in [0.1, 0.15) is 23.0 Å². The van der Waals surface area contributed by atoms with Gasteiger partial charge in [0.2, 0.25) is 5.54 Å². The molecule has 0 radical (unpaired) electrons. The molecule has 1 aromatic rings. The Morgan fingerprint density at radius 3 is 2.30 bits per heavy atom. The monoisotopic (exact) mass is 292 g/mol. The van der Waals surface area contributed by atoms with Crippen molar-refractivity contribution in [1.82, 2.24) is 10.3 Å². The highest BCUT2D eigenvalue weighted by atomic mass is 19.4. The zero-order valence-electron chi connectivity index (χ0n) is 10.5. The van der Waals surface area contributed by atoms with Crippen LogP contribution in [0.3, 0.4) is 0 Å². The van der Waals surface area contributed by atoms with Gasteiger partial charge in [-0.15, -0.1) is 0 Å². The predicted molar refractivity (Wildman–Crippen MR) is 61.4 cm³/mol. The number of aliphatic carboxylic acids is 1. The van der Waals surface area contributed by atoms with Crippen molar-refractivity contribution in [1.29, 1.82) is 0 Å². The number of halogens is 3. The van der Waals surface area contributed by atoms with Crippen LogP contribution in [0, 0.1) is 6.92 Å². The van der Waals surface area contributed by atoms with E-state index >= 15 is 0 Å². The minimum absolute atomic E-state index is 0.301. The molecule has 1 rings (SSSR count). The molecule has 0 fully saturated rings. The molecular weight excluding hydrogens is 281 g/mol. The summed E-state index contributed by atoms with van der Waals surface area (Å²) in [4.78, 5) is 36.4. The number of H-pyrrole nitrogens is 1. The number of carbonyl (C=O) groups is 2. The van der Waals surface area contributed by atoms with Gasteiger partial charge in [-0.2, -0.15) is 13.2 Å². The fourth-order valence-electron chi connectivity index (χ4n) is 1.29. The molecule has 0 aromatic carbocycles. The molecule has 0 saturated carbocycles. The maximum absolute atomic E-state index is 12.7.